The lowest BCUT2D eigenvalue weighted by Crippen LogP contribution is -2.16. The molecule has 24 heavy (non-hydrogen) atoms. The van der Waals surface area contributed by atoms with E-state index < -0.39 is 0 Å². The summed E-state index contributed by atoms with van der Waals surface area (Å²) in [6.45, 7) is 5.91. The number of esters is 1. The number of aromatic nitrogens is 2. The number of hydrogen-bond donors (Lipinski definition) is 0. The van der Waals surface area contributed by atoms with Crippen molar-refractivity contribution >= 4 is 22.3 Å². The molecular formula is C18H18N2O3S. The van der Waals surface area contributed by atoms with Crippen LogP contribution in [0.1, 0.15) is 28.1 Å². The summed E-state index contributed by atoms with van der Waals surface area (Å²) in [5.74, 6) is -0.331. The van der Waals surface area contributed by atoms with Gasteiger partial charge >= 0.3 is 5.97 Å². The first kappa shape index (κ1) is 16.4. The van der Waals surface area contributed by atoms with E-state index in [0.717, 1.165) is 16.8 Å². The van der Waals surface area contributed by atoms with Crippen molar-refractivity contribution in [1.82, 2.24) is 9.38 Å². The minimum atomic E-state index is -0.331. The standard InChI is InChI=1S/C18H18N2O3S/c1-11-4-5-14(6-12(11)2)7-17(22)23-9-15-8-16(21)20-13(3)10-24-18(20)19-15/h4-6,8,10H,7,9H2,1-3H3. The third-order valence-corrected chi connectivity index (χ3v) is 4.87. The molecule has 5 nitrogen and oxygen atoms in total. The summed E-state index contributed by atoms with van der Waals surface area (Å²) in [6, 6.07) is 7.32. The molecule has 0 saturated carbocycles. The van der Waals surface area contributed by atoms with Gasteiger partial charge in [0.15, 0.2) is 4.96 Å². The molecule has 0 radical (unpaired) electrons. The first-order chi connectivity index (χ1) is 11.4. The molecule has 0 N–H and O–H groups in total. The Hall–Kier alpha value is -2.47. The summed E-state index contributed by atoms with van der Waals surface area (Å²) >= 11 is 1.39. The SMILES string of the molecule is Cc1ccc(CC(=O)OCc2cc(=O)n3c(C)csc3n2)cc1C. The molecule has 0 aliphatic heterocycles. The highest BCUT2D eigenvalue weighted by Crippen LogP contribution is 2.13. The second-order valence-electron chi connectivity index (χ2n) is 5.84. The zero-order valence-electron chi connectivity index (χ0n) is 13.8. The first-order valence-corrected chi connectivity index (χ1v) is 8.50. The summed E-state index contributed by atoms with van der Waals surface area (Å²) in [4.78, 5) is 29.1. The molecule has 0 aliphatic rings. The van der Waals surface area contributed by atoms with Crippen molar-refractivity contribution in [3.8, 4) is 0 Å². The van der Waals surface area contributed by atoms with E-state index in [4.69, 9.17) is 4.74 Å². The quantitative estimate of drug-likeness (QED) is 0.684. The van der Waals surface area contributed by atoms with E-state index in [1.54, 1.807) is 4.40 Å². The highest BCUT2D eigenvalue weighted by Gasteiger charge is 2.10. The highest BCUT2D eigenvalue weighted by atomic mass is 32.1. The van der Waals surface area contributed by atoms with Gasteiger partial charge in [-0.25, -0.2) is 4.98 Å². The van der Waals surface area contributed by atoms with Crippen molar-refractivity contribution in [3.05, 3.63) is 68.1 Å². The van der Waals surface area contributed by atoms with Crippen molar-refractivity contribution in [2.45, 2.75) is 33.8 Å². The average molecular weight is 342 g/mol. The molecular weight excluding hydrogens is 324 g/mol. The third kappa shape index (κ3) is 3.38. The molecule has 0 saturated heterocycles. The Balaban J connectivity index is 1.68. The molecule has 0 unspecified atom stereocenters. The largest absolute Gasteiger partial charge is 0.459 e. The Morgan fingerprint density at radius 2 is 2.00 bits per heavy atom. The van der Waals surface area contributed by atoms with Crippen LogP contribution in [-0.4, -0.2) is 15.4 Å². The van der Waals surface area contributed by atoms with E-state index in [1.807, 2.05) is 44.4 Å². The van der Waals surface area contributed by atoms with Crippen molar-refractivity contribution in [2.75, 3.05) is 0 Å². The molecule has 0 fully saturated rings. The van der Waals surface area contributed by atoms with Crippen LogP contribution in [0.25, 0.3) is 4.96 Å². The van der Waals surface area contributed by atoms with E-state index >= 15 is 0 Å². The van der Waals surface area contributed by atoms with Crippen molar-refractivity contribution in [3.63, 3.8) is 0 Å². The van der Waals surface area contributed by atoms with Crippen LogP contribution < -0.4 is 5.56 Å². The molecule has 124 valence electrons. The molecule has 2 aromatic heterocycles. The molecule has 2 heterocycles. The van der Waals surface area contributed by atoms with Gasteiger partial charge in [0, 0.05) is 17.1 Å². The smallest absolute Gasteiger partial charge is 0.310 e. The maximum atomic E-state index is 12.1. The van der Waals surface area contributed by atoms with Gasteiger partial charge in [-0.05, 0) is 37.5 Å². The summed E-state index contributed by atoms with van der Waals surface area (Å²) in [6.07, 6.45) is 0.209. The van der Waals surface area contributed by atoms with Crippen LogP contribution in [0.5, 0.6) is 0 Å². The maximum absolute atomic E-state index is 12.1. The number of aryl methyl sites for hydroxylation is 3. The van der Waals surface area contributed by atoms with Crippen LogP contribution in [0.3, 0.4) is 0 Å². The molecule has 1 aromatic carbocycles. The zero-order chi connectivity index (χ0) is 17.3. The van der Waals surface area contributed by atoms with Gasteiger partial charge in [0.05, 0.1) is 12.1 Å². The number of hydrogen-bond acceptors (Lipinski definition) is 5. The number of thiazole rings is 1. The fourth-order valence-corrected chi connectivity index (χ4v) is 3.35. The topological polar surface area (TPSA) is 60.7 Å². The minimum absolute atomic E-state index is 0.00631. The lowest BCUT2D eigenvalue weighted by Gasteiger charge is -2.07. The third-order valence-electron chi connectivity index (χ3n) is 3.93. The molecule has 0 atom stereocenters. The van der Waals surface area contributed by atoms with Crippen LogP contribution in [0.2, 0.25) is 0 Å². The Morgan fingerprint density at radius 1 is 1.21 bits per heavy atom. The predicted octanol–water partition coefficient (Wildman–Crippen LogP) is 2.97. The van der Waals surface area contributed by atoms with Crippen LogP contribution in [0, 0.1) is 20.8 Å². The normalized spacial score (nSPS) is 11.0. The fraction of sp³-hybridized carbons (Fsp3) is 0.278. The van der Waals surface area contributed by atoms with Crippen LogP contribution >= 0.6 is 11.3 Å². The number of carbonyl (C=O) groups excluding carboxylic acids is 1. The summed E-state index contributed by atoms with van der Waals surface area (Å²) in [5.41, 5.74) is 4.42. The molecule has 0 amide bonds. The van der Waals surface area contributed by atoms with E-state index in [1.165, 1.54) is 23.0 Å². The second kappa shape index (κ2) is 6.57. The van der Waals surface area contributed by atoms with Crippen LogP contribution in [-0.2, 0) is 22.6 Å². The van der Waals surface area contributed by atoms with Crippen molar-refractivity contribution < 1.29 is 9.53 Å². The minimum Gasteiger partial charge on any atom is -0.459 e. The number of benzene rings is 1. The van der Waals surface area contributed by atoms with E-state index in [0.29, 0.717) is 10.7 Å². The van der Waals surface area contributed by atoms with Gasteiger partial charge in [0.1, 0.15) is 6.61 Å². The first-order valence-electron chi connectivity index (χ1n) is 7.62. The number of fused-ring (bicyclic) bond motifs is 1. The van der Waals surface area contributed by atoms with E-state index in [2.05, 4.69) is 4.98 Å². The van der Waals surface area contributed by atoms with E-state index in [-0.39, 0.29) is 24.6 Å². The molecule has 3 aromatic rings. The van der Waals surface area contributed by atoms with Crippen molar-refractivity contribution in [2.24, 2.45) is 0 Å². The van der Waals surface area contributed by atoms with Crippen molar-refractivity contribution in [1.29, 1.82) is 0 Å². The Kier molecular flexibility index (Phi) is 4.49. The molecule has 3 rings (SSSR count). The van der Waals surface area contributed by atoms with Crippen LogP contribution in [0.15, 0.2) is 34.4 Å². The van der Waals surface area contributed by atoms with Gasteiger partial charge < -0.3 is 4.74 Å². The average Bonchev–Trinajstić information content (AvgIpc) is 2.91. The predicted molar refractivity (Wildman–Crippen MR) is 93.5 cm³/mol. The van der Waals surface area contributed by atoms with Gasteiger partial charge in [0.25, 0.3) is 5.56 Å². The lowest BCUT2D eigenvalue weighted by molar-refractivity contribution is -0.144. The monoisotopic (exact) mass is 342 g/mol. The number of ether oxygens (including phenoxy) is 1. The molecule has 0 spiro atoms. The summed E-state index contributed by atoms with van der Waals surface area (Å²) in [5, 5.41) is 1.87. The highest BCUT2D eigenvalue weighted by molar-refractivity contribution is 7.15. The Bertz CT molecular complexity index is 972. The fourth-order valence-electron chi connectivity index (χ4n) is 2.46. The van der Waals surface area contributed by atoms with Gasteiger partial charge in [-0.3, -0.25) is 14.0 Å². The Morgan fingerprint density at radius 3 is 2.75 bits per heavy atom. The Labute approximate surface area is 143 Å². The summed E-state index contributed by atoms with van der Waals surface area (Å²) < 4.78 is 6.81. The lowest BCUT2D eigenvalue weighted by atomic mass is 10.0. The van der Waals surface area contributed by atoms with Gasteiger partial charge in [0.2, 0.25) is 0 Å². The van der Waals surface area contributed by atoms with Gasteiger partial charge in [-0.1, -0.05) is 18.2 Å². The number of rotatable bonds is 4. The molecule has 0 aliphatic carbocycles. The number of nitrogens with zero attached hydrogens (tertiary/aromatic N) is 2. The number of carbonyl (C=O) groups is 1. The van der Waals surface area contributed by atoms with Gasteiger partial charge in [-0.2, -0.15) is 0 Å². The second-order valence-corrected chi connectivity index (χ2v) is 6.67. The molecule has 0 bridgehead atoms. The zero-order valence-corrected chi connectivity index (χ0v) is 14.6. The van der Waals surface area contributed by atoms with E-state index in [9.17, 15) is 9.59 Å². The van der Waals surface area contributed by atoms with Gasteiger partial charge in [-0.15, -0.1) is 11.3 Å². The maximum Gasteiger partial charge on any atom is 0.310 e. The molecule has 6 heteroatoms. The summed E-state index contributed by atoms with van der Waals surface area (Å²) in [7, 11) is 0. The van der Waals surface area contributed by atoms with Crippen LogP contribution in [0.4, 0.5) is 0 Å².